The Labute approximate surface area is 81.0 Å². The van der Waals surface area contributed by atoms with E-state index in [1.807, 2.05) is 0 Å². The van der Waals surface area contributed by atoms with Crippen LogP contribution in [0.4, 0.5) is 0 Å². The van der Waals surface area contributed by atoms with E-state index in [0.717, 1.165) is 0 Å². The quantitative estimate of drug-likeness (QED) is 0.437. The van der Waals surface area contributed by atoms with Crippen molar-refractivity contribution in [2.24, 2.45) is 5.73 Å². The first kappa shape index (κ1) is 10.6. The van der Waals surface area contributed by atoms with Gasteiger partial charge in [0, 0.05) is 5.56 Å². The van der Waals surface area contributed by atoms with Crippen molar-refractivity contribution >= 4 is 0 Å². The molecule has 0 aromatic heterocycles. The van der Waals surface area contributed by atoms with Gasteiger partial charge in [-0.1, -0.05) is 0 Å². The van der Waals surface area contributed by atoms with Crippen molar-refractivity contribution in [3.63, 3.8) is 0 Å². The van der Waals surface area contributed by atoms with Crippen LogP contribution in [0.1, 0.15) is 18.5 Å². The second kappa shape index (κ2) is 3.73. The van der Waals surface area contributed by atoms with Gasteiger partial charge in [0.25, 0.3) is 0 Å². The minimum atomic E-state index is -0.857. The number of aromatic hydroxyl groups is 3. The van der Waals surface area contributed by atoms with Crippen LogP contribution >= 0.6 is 0 Å². The van der Waals surface area contributed by atoms with Crippen molar-refractivity contribution in [2.45, 2.75) is 19.1 Å². The molecule has 0 amide bonds. The van der Waals surface area contributed by atoms with Crippen molar-refractivity contribution < 1.29 is 20.4 Å². The molecule has 1 aromatic carbocycles. The predicted octanol–water partition coefficient (Wildman–Crippen LogP) is 0.184. The molecule has 6 N–H and O–H groups in total. The zero-order valence-corrected chi connectivity index (χ0v) is 7.68. The third-order valence-electron chi connectivity index (χ3n) is 2.04. The highest BCUT2D eigenvalue weighted by Gasteiger charge is 2.19. The number of hydrogen-bond acceptors (Lipinski definition) is 5. The molecular weight excluding hydrogens is 186 g/mol. The molecule has 0 saturated carbocycles. The predicted molar refractivity (Wildman–Crippen MR) is 50.0 cm³/mol. The third-order valence-corrected chi connectivity index (χ3v) is 2.04. The Morgan fingerprint density at radius 1 is 1.14 bits per heavy atom. The van der Waals surface area contributed by atoms with E-state index < -0.39 is 29.4 Å². The van der Waals surface area contributed by atoms with E-state index in [-0.39, 0.29) is 5.56 Å². The summed E-state index contributed by atoms with van der Waals surface area (Å²) in [6.45, 7) is 1.47. The van der Waals surface area contributed by atoms with Crippen molar-refractivity contribution in [1.29, 1.82) is 0 Å². The van der Waals surface area contributed by atoms with Crippen molar-refractivity contribution in [1.82, 2.24) is 0 Å². The Hall–Kier alpha value is -1.46. The van der Waals surface area contributed by atoms with Gasteiger partial charge in [-0.2, -0.15) is 0 Å². The Morgan fingerprint density at radius 2 is 1.71 bits per heavy atom. The van der Waals surface area contributed by atoms with Crippen molar-refractivity contribution in [3.05, 3.63) is 17.7 Å². The van der Waals surface area contributed by atoms with Gasteiger partial charge in [-0.05, 0) is 19.1 Å². The summed E-state index contributed by atoms with van der Waals surface area (Å²) in [5.74, 6) is -1.55. The summed E-state index contributed by atoms with van der Waals surface area (Å²) in [4.78, 5) is 0. The van der Waals surface area contributed by atoms with Crippen LogP contribution in [0.2, 0.25) is 0 Å². The van der Waals surface area contributed by atoms with E-state index in [1.54, 1.807) is 0 Å². The van der Waals surface area contributed by atoms with Gasteiger partial charge in [0.1, 0.15) is 0 Å². The van der Waals surface area contributed by atoms with E-state index in [0.29, 0.717) is 0 Å². The van der Waals surface area contributed by atoms with E-state index in [2.05, 4.69) is 0 Å². The maximum absolute atomic E-state index is 9.40. The van der Waals surface area contributed by atoms with Crippen LogP contribution in [0, 0.1) is 0 Å². The molecule has 0 saturated heterocycles. The Morgan fingerprint density at radius 3 is 2.21 bits per heavy atom. The topological polar surface area (TPSA) is 107 Å². The summed E-state index contributed by atoms with van der Waals surface area (Å²) >= 11 is 0. The molecule has 0 spiro atoms. The fourth-order valence-corrected chi connectivity index (χ4v) is 1.11. The first-order valence-electron chi connectivity index (χ1n) is 4.12. The zero-order chi connectivity index (χ0) is 10.9. The second-order valence-electron chi connectivity index (χ2n) is 3.14. The smallest absolute Gasteiger partial charge is 0.200 e. The number of benzene rings is 1. The molecule has 5 nitrogen and oxygen atoms in total. The molecule has 0 aliphatic rings. The minimum Gasteiger partial charge on any atom is -0.504 e. The lowest BCUT2D eigenvalue weighted by molar-refractivity contribution is 0.162. The number of phenolic OH excluding ortho intramolecular Hbond substituents is 3. The second-order valence-corrected chi connectivity index (χ2v) is 3.14. The summed E-state index contributed by atoms with van der Waals surface area (Å²) in [5, 5.41) is 36.8. The SMILES string of the molecule is C[C@H](O)[C@H](N)c1ccc(O)c(O)c1O. The van der Waals surface area contributed by atoms with Gasteiger partial charge in [-0.25, -0.2) is 0 Å². The average molecular weight is 199 g/mol. The Balaban J connectivity index is 3.17. The summed E-state index contributed by atoms with van der Waals surface area (Å²) in [6.07, 6.45) is -0.857. The molecule has 2 atom stereocenters. The molecule has 0 aliphatic heterocycles. The summed E-state index contributed by atoms with van der Waals surface area (Å²) in [6, 6.07) is 1.75. The number of aliphatic hydroxyl groups is 1. The first-order valence-corrected chi connectivity index (χ1v) is 4.12. The minimum absolute atomic E-state index is 0.190. The van der Waals surface area contributed by atoms with Crippen LogP contribution in [-0.4, -0.2) is 26.5 Å². The van der Waals surface area contributed by atoms with Crippen LogP contribution in [-0.2, 0) is 0 Å². The molecule has 0 radical (unpaired) electrons. The fraction of sp³-hybridized carbons (Fsp3) is 0.333. The normalized spacial score (nSPS) is 15.1. The fourth-order valence-electron chi connectivity index (χ4n) is 1.11. The van der Waals surface area contributed by atoms with Crippen LogP contribution in [0.5, 0.6) is 17.2 Å². The first-order chi connectivity index (χ1) is 6.45. The standard InChI is InChI=1S/C9H13NO4/c1-4(11)7(10)5-2-3-6(12)9(14)8(5)13/h2-4,7,11-14H,10H2,1H3/t4-,7-/m0/s1. The maximum atomic E-state index is 9.40. The third kappa shape index (κ3) is 1.73. The monoisotopic (exact) mass is 199 g/mol. The van der Waals surface area contributed by atoms with E-state index in [9.17, 15) is 15.3 Å². The molecule has 0 fully saturated rings. The molecule has 0 aliphatic carbocycles. The van der Waals surface area contributed by atoms with E-state index in [4.69, 9.17) is 10.8 Å². The maximum Gasteiger partial charge on any atom is 0.200 e. The number of nitrogens with two attached hydrogens (primary N) is 1. The van der Waals surface area contributed by atoms with Gasteiger partial charge in [0.05, 0.1) is 12.1 Å². The highest BCUT2D eigenvalue weighted by molar-refractivity contribution is 5.54. The number of hydrogen-bond donors (Lipinski definition) is 5. The highest BCUT2D eigenvalue weighted by Crippen LogP contribution is 2.39. The molecule has 5 heteroatoms. The molecule has 1 aromatic rings. The largest absolute Gasteiger partial charge is 0.504 e. The van der Waals surface area contributed by atoms with Crippen molar-refractivity contribution in [2.75, 3.05) is 0 Å². The van der Waals surface area contributed by atoms with Gasteiger partial charge < -0.3 is 26.2 Å². The molecule has 0 heterocycles. The lowest BCUT2D eigenvalue weighted by atomic mass is 10.0. The molecule has 78 valence electrons. The van der Waals surface area contributed by atoms with Gasteiger partial charge in [0.2, 0.25) is 5.75 Å². The summed E-state index contributed by atoms with van der Waals surface area (Å²) < 4.78 is 0. The summed E-state index contributed by atoms with van der Waals surface area (Å²) in [5.41, 5.74) is 5.74. The zero-order valence-electron chi connectivity index (χ0n) is 7.68. The van der Waals surface area contributed by atoms with Gasteiger partial charge >= 0.3 is 0 Å². The van der Waals surface area contributed by atoms with E-state index >= 15 is 0 Å². The molecule has 1 rings (SSSR count). The van der Waals surface area contributed by atoms with Gasteiger partial charge in [0.15, 0.2) is 11.5 Å². The Bertz CT molecular complexity index is 338. The lowest BCUT2D eigenvalue weighted by Crippen LogP contribution is -2.23. The van der Waals surface area contributed by atoms with Crippen LogP contribution in [0.3, 0.4) is 0 Å². The van der Waals surface area contributed by atoms with Crippen LogP contribution in [0.15, 0.2) is 12.1 Å². The molecular formula is C9H13NO4. The molecule has 0 bridgehead atoms. The van der Waals surface area contributed by atoms with Crippen LogP contribution in [0.25, 0.3) is 0 Å². The number of aliphatic hydroxyl groups excluding tert-OH is 1. The lowest BCUT2D eigenvalue weighted by Gasteiger charge is -2.17. The average Bonchev–Trinajstić information content (AvgIpc) is 2.13. The number of phenols is 3. The summed E-state index contributed by atoms with van der Waals surface area (Å²) in [7, 11) is 0. The van der Waals surface area contributed by atoms with E-state index in [1.165, 1.54) is 19.1 Å². The number of rotatable bonds is 2. The van der Waals surface area contributed by atoms with Gasteiger partial charge in [-0.3, -0.25) is 0 Å². The van der Waals surface area contributed by atoms with Crippen molar-refractivity contribution in [3.8, 4) is 17.2 Å². The van der Waals surface area contributed by atoms with Crippen LogP contribution < -0.4 is 5.73 Å². The highest BCUT2D eigenvalue weighted by atomic mass is 16.3. The Kier molecular flexibility index (Phi) is 2.83. The molecule has 0 unspecified atom stereocenters. The molecule has 14 heavy (non-hydrogen) atoms. The van der Waals surface area contributed by atoms with Gasteiger partial charge in [-0.15, -0.1) is 0 Å².